The van der Waals surface area contributed by atoms with Crippen LogP contribution in [0, 0.1) is 0 Å². The van der Waals surface area contributed by atoms with Crippen molar-refractivity contribution in [2.75, 3.05) is 24.3 Å². The van der Waals surface area contributed by atoms with Crippen LogP contribution in [0.15, 0.2) is 42.6 Å². The second-order valence-corrected chi connectivity index (χ2v) is 8.88. The Bertz CT molecular complexity index is 1190. The van der Waals surface area contributed by atoms with Gasteiger partial charge in [-0.25, -0.2) is 9.97 Å². The number of pyridine rings is 1. The summed E-state index contributed by atoms with van der Waals surface area (Å²) in [5.41, 5.74) is 4.84. The second kappa shape index (κ2) is 7.57. The number of amides is 1. The molecule has 0 aliphatic heterocycles. The Morgan fingerprint density at radius 2 is 1.97 bits per heavy atom. The average molecular weight is 418 g/mol. The Kier molecular flexibility index (Phi) is 4.75. The third kappa shape index (κ3) is 3.35. The van der Waals surface area contributed by atoms with Crippen LogP contribution >= 0.6 is 11.3 Å². The maximum atomic E-state index is 13.0. The number of rotatable bonds is 4. The molecular weight excluding hydrogens is 394 g/mol. The van der Waals surface area contributed by atoms with Crippen LogP contribution in [-0.4, -0.2) is 35.0 Å². The lowest BCUT2D eigenvalue weighted by atomic mass is 9.95. The molecule has 1 amide bonds. The number of benzene rings is 1. The predicted octanol–water partition coefficient (Wildman–Crippen LogP) is 4.88. The molecule has 0 spiro atoms. The van der Waals surface area contributed by atoms with Crippen molar-refractivity contribution in [3.63, 3.8) is 0 Å². The summed E-state index contributed by atoms with van der Waals surface area (Å²) in [6.07, 6.45) is 6.06. The molecule has 0 unspecified atom stereocenters. The lowest BCUT2D eigenvalue weighted by molar-refractivity contribution is 0.102. The Morgan fingerprint density at radius 3 is 2.73 bits per heavy atom. The molecule has 6 nitrogen and oxygen atoms in total. The molecule has 0 bridgehead atoms. The minimum absolute atomic E-state index is 0.149. The monoisotopic (exact) mass is 417 g/mol. The Balaban J connectivity index is 1.53. The summed E-state index contributed by atoms with van der Waals surface area (Å²) in [6.45, 7) is 0. The van der Waals surface area contributed by atoms with Gasteiger partial charge in [-0.2, -0.15) is 0 Å². The van der Waals surface area contributed by atoms with E-state index in [1.165, 1.54) is 23.3 Å². The zero-order chi connectivity index (χ0) is 20.7. The van der Waals surface area contributed by atoms with Crippen LogP contribution in [0.5, 0.6) is 0 Å². The van der Waals surface area contributed by atoms with E-state index in [4.69, 9.17) is 4.98 Å². The molecule has 5 rings (SSSR count). The number of fused-ring (bicyclic) bond motifs is 2. The fraction of sp³-hybridized carbons (Fsp3) is 0.261. The van der Waals surface area contributed by atoms with E-state index in [1.807, 2.05) is 55.4 Å². The highest BCUT2D eigenvalue weighted by Crippen LogP contribution is 2.43. The summed E-state index contributed by atoms with van der Waals surface area (Å²) in [4.78, 5) is 28.9. The molecule has 4 aromatic rings. The maximum Gasteiger partial charge on any atom is 0.257 e. The molecule has 30 heavy (non-hydrogen) atoms. The molecule has 1 aliphatic carbocycles. The summed E-state index contributed by atoms with van der Waals surface area (Å²) in [5.74, 6) is 1.50. The molecule has 0 saturated heterocycles. The SMILES string of the molecule is CN(C)c1ccc(C(=O)Nc2sc3c(c2-c2nc4ccccc4[nH]2)CCCC3)cn1. The van der Waals surface area contributed by atoms with Crippen molar-refractivity contribution in [2.24, 2.45) is 0 Å². The van der Waals surface area contributed by atoms with E-state index in [2.05, 4.69) is 15.3 Å². The number of imidazole rings is 1. The number of para-hydroxylation sites is 2. The van der Waals surface area contributed by atoms with Crippen LogP contribution in [0.25, 0.3) is 22.4 Å². The minimum Gasteiger partial charge on any atom is -0.363 e. The number of nitrogens with zero attached hydrogens (tertiary/aromatic N) is 3. The van der Waals surface area contributed by atoms with Crippen molar-refractivity contribution in [2.45, 2.75) is 25.7 Å². The Labute approximate surface area is 179 Å². The zero-order valence-corrected chi connectivity index (χ0v) is 17.8. The summed E-state index contributed by atoms with van der Waals surface area (Å²) < 4.78 is 0. The third-order valence-electron chi connectivity index (χ3n) is 5.49. The first-order valence-electron chi connectivity index (χ1n) is 10.1. The minimum atomic E-state index is -0.149. The summed E-state index contributed by atoms with van der Waals surface area (Å²) in [5, 5.41) is 4.01. The number of aromatic nitrogens is 3. The highest BCUT2D eigenvalue weighted by Gasteiger charge is 2.25. The van der Waals surface area contributed by atoms with Gasteiger partial charge in [0.1, 0.15) is 16.6 Å². The summed E-state index contributed by atoms with van der Waals surface area (Å²) >= 11 is 1.68. The van der Waals surface area contributed by atoms with E-state index in [1.54, 1.807) is 17.5 Å². The highest BCUT2D eigenvalue weighted by molar-refractivity contribution is 7.17. The van der Waals surface area contributed by atoms with Crippen LogP contribution in [0.1, 0.15) is 33.6 Å². The molecule has 0 atom stereocenters. The van der Waals surface area contributed by atoms with Gasteiger partial charge in [-0.3, -0.25) is 4.79 Å². The predicted molar refractivity (Wildman–Crippen MR) is 123 cm³/mol. The number of carbonyl (C=O) groups is 1. The van der Waals surface area contributed by atoms with Crippen LogP contribution in [0.2, 0.25) is 0 Å². The van der Waals surface area contributed by atoms with Crippen molar-refractivity contribution in [1.82, 2.24) is 15.0 Å². The van der Waals surface area contributed by atoms with E-state index in [9.17, 15) is 4.79 Å². The quantitative estimate of drug-likeness (QED) is 0.496. The number of hydrogen-bond donors (Lipinski definition) is 2. The average Bonchev–Trinajstić information content (AvgIpc) is 3.34. The van der Waals surface area contributed by atoms with E-state index < -0.39 is 0 Å². The van der Waals surface area contributed by atoms with Gasteiger partial charge in [0.2, 0.25) is 0 Å². The van der Waals surface area contributed by atoms with E-state index in [0.29, 0.717) is 5.56 Å². The number of aryl methyl sites for hydroxylation is 1. The zero-order valence-electron chi connectivity index (χ0n) is 17.0. The number of nitrogens with one attached hydrogen (secondary N) is 2. The molecule has 2 N–H and O–H groups in total. The smallest absolute Gasteiger partial charge is 0.257 e. The van der Waals surface area contributed by atoms with Crippen LogP contribution < -0.4 is 10.2 Å². The molecule has 0 radical (unpaired) electrons. The lowest BCUT2D eigenvalue weighted by Crippen LogP contribution is -2.14. The number of thiophene rings is 1. The third-order valence-corrected chi connectivity index (χ3v) is 6.70. The number of carbonyl (C=O) groups excluding carboxylic acids is 1. The van der Waals surface area contributed by atoms with Gasteiger partial charge in [-0.1, -0.05) is 12.1 Å². The first-order valence-corrected chi connectivity index (χ1v) is 11.0. The van der Waals surface area contributed by atoms with Gasteiger partial charge >= 0.3 is 0 Å². The first-order chi connectivity index (χ1) is 14.6. The molecular formula is C23H23N5OS. The van der Waals surface area contributed by atoms with Crippen molar-refractivity contribution >= 4 is 39.1 Å². The van der Waals surface area contributed by atoms with Crippen LogP contribution in [0.3, 0.4) is 0 Å². The van der Waals surface area contributed by atoms with Crippen molar-refractivity contribution in [3.8, 4) is 11.4 Å². The van der Waals surface area contributed by atoms with Gasteiger partial charge in [0.05, 0.1) is 22.2 Å². The number of H-pyrrole nitrogens is 1. The largest absolute Gasteiger partial charge is 0.363 e. The highest BCUT2D eigenvalue weighted by atomic mass is 32.1. The Morgan fingerprint density at radius 1 is 1.13 bits per heavy atom. The van der Waals surface area contributed by atoms with Crippen LogP contribution in [-0.2, 0) is 12.8 Å². The van der Waals surface area contributed by atoms with E-state index in [-0.39, 0.29) is 5.91 Å². The van der Waals surface area contributed by atoms with E-state index >= 15 is 0 Å². The van der Waals surface area contributed by atoms with Gasteiger partial charge in [-0.15, -0.1) is 11.3 Å². The second-order valence-electron chi connectivity index (χ2n) is 7.77. The molecule has 3 heterocycles. The summed E-state index contributed by atoms with van der Waals surface area (Å²) in [6, 6.07) is 11.7. The first kappa shape index (κ1) is 18.8. The van der Waals surface area contributed by atoms with Gasteiger partial charge in [0, 0.05) is 25.2 Å². The molecule has 0 fully saturated rings. The molecule has 7 heteroatoms. The summed E-state index contributed by atoms with van der Waals surface area (Å²) in [7, 11) is 3.86. The maximum absolute atomic E-state index is 13.0. The molecule has 1 aliphatic rings. The Hall–Kier alpha value is -3.19. The van der Waals surface area contributed by atoms with E-state index in [0.717, 1.165) is 46.1 Å². The van der Waals surface area contributed by atoms with Crippen LogP contribution in [0.4, 0.5) is 10.8 Å². The molecule has 3 aromatic heterocycles. The normalized spacial score (nSPS) is 13.3. The molecule has 0 saturated carbocycles. The van der Waals surface area contributed by atoms with Gasteiger partial charge in [0.15, 0.2) is 0 Å². The topological polar surface area (TPSA) is 73.9 Å². The molecule has 1 aromatic carbocycles. The van der Waals surface area contributed by atoms with Crippen molar-refractivity contribution in [1.29, 1.82) is 0 Å². The standard InChI is InChI=1S/C23H23N5OS/c1-28(2)19-12-11-14(13-24-19)22(29)27-23-20(15-7-3-6-10-18(15)30-23)21-25-16-8-4-5-9-17(16)26-21/h4-5,8-9,11-13H,3,6-7,10H2,1-2H3,(H,25,26)(H,27,29). The van der Waals surface area contributed by atoms with Crippen molar-refractivity contribution < 1.29 is 4.79 Å². The van der Waals surface area contributed by atoms with Crippen molar-refractivity contribution in [3.05, 3.63) is 58.6 Å². The van der Waals surface area contributed by atoms with Gasteiger partial charge < -0.3 is 15.2 Å². The van der Waals surface area contributed by atoms with Gasteiger partial charge in [-0.05, 0) is 55.5 Å². The number of aromatic amines is 1. The number of anilines is 2. The molecule has 152 valence electrons. The fourth-order valence-electron chi connectivity index (χ4n) is 3.94. The van der Waals surface area contributed by atoms with Gasteiger partial charge in [0.25, 0.3) is 5.91 Å². The fourth-order valence-corrected chi connectivity index (χ4v) is 5.22. The lowest BCUT2D eigenvalue weighted by Gasteiger charge is -2.12. The number of hydrogen-bond acceptors (Lipinski definition) is 5.